The maximum atomic E-state index is 13.3. The van der Waals surface area contributed by atoms with Gasteiger partial charge in [0.05, 0.1) is 28.9 Å². The summed E-state index contributed by atoms with van der Waals surface area (Å²) in [7, 11) is 0. The number of rotatable bonds is 1. The van der Waals surface area contributed by atoms with E-state index < -0.39 is 11.7 Å². The van der Waals surface area contributed by atoms with Crippen molar-refractivity contribution in [2.45, 2.75) is 12.7 Å². The number of hydrogen-bond acceptors (Lipinski definition) is 2. The second kappa shape index (κ2) is 5.06. The fourth-order valence-electron chi connectivity index (χ4n) is 3.01. The van der Waals surface area contributed by atoms with E-state index >= 15 is 0 Å². The molecule has 2 heterocycles. The molecular weight excluding hydrogens is 317 g/mol. The van der Waals surface area contributed by atoms with E-state index in [1.807, 2.05) is 0 Å². The number of halogens is 3. The minimum atomic E-state index is -4.45. The van der Waals surface area contributed by atoms with Gasteiger partial charge in [0.25, 0.3) is 5.91 Å². The topological polar surface area (TPSA) is 42.0 Å². The summed E-state index contributed by atoms with van der Waals surface area (Å²) in [5.74, 6) is -0.208. The molecule has 0 saturated carbocycles. The Labute approximate surface area is 135 Å². The highest BCUT2D eigenvalue weighted by Crippen LogP contribution is 2.39. The molecule has 1 N–H and O–H groups in total. The molecular formula is C18H11F3N2O. The molecule has 0 unspecified atom stereocenters. The van der Waals surface area contributed by atoms with E-state index in [2.05, 4.69) is 10.3 Å². The molecule has 2 aromatic carbocycles. The van der Waals surface area contributed by atoms with Crippen molar-refractivity contribution in [3.05, 3.63) is 65.4 Å². The molecule has 6 heteroatoms. The number of carbonyl (C=O) groups is 1. The highest BCUT2D eigenvalue weighted by atomic mass is 19.4. The Hall–Kier alpha value is -2.89. The molecule has 1 aliphatic heterocycles. The number of fused-ring (bicyclic) bond motifs is 2. The van der Waals surface area contributed by atoms with Gasteiger partial charge in [-0.15, -0.1) is 0 Å². The Morgan fingerprint density at radius 3 is 2.50 bits per heavy atom. The van der Waals surface area contributed by atoms with Gasteiger partial charge < -0.3 is 5.32 Å². The first kappa shape index (κ1) is 14.7. The van der Waals surface area contributed by atoms with Gasteiger partial charge in [-0.05, 0) is 17.7 Å². The summed E-state index contributed by atoms with van der Waals surface area (Å²) < 4.78 is 40.0. The number of amides is 1. The lowest BCUT2D eigenvalue weighted by atomic mass is 9.96. The first-order chi connectivity index (χ1) is 11.4. The van der Waals surface area contributed by atoms with Crippen LogP contribution in [-0.2, 0) is 12.7 Å². The SMILES string of the molecule is O=C1NCc2nc3c(-c4ccccc4C(F)(F)F)cccc3cc21. The van der Waals surface area contributed by atoms with Gasteiger partial charge in [0.15, 0.2) is 0 Å². The number of pyridine rings is 1. The van der Waals surface area contributed by atoms with Crippen LogP contribution < -0.4 is 5.32 Å². The molecule has 0 radical (unpaired) electrons. The maximum Gasteiger partial charge on any atom is 0.417 e. The van der Waals surface area contributed by atoms with Gasteiger partial charge in [-0.2, -0.15) is 13.2 Å². The Morgan fingerprint density at radius 2 is 1.71 bits per heavy atom. The summed E-state index contributed by atoms with van der Waals surface area (Å²) in [6.07, 6.45) is -4.45. The van der Waals surface area contributed by atoms with Crippen LogP contribution in [0.2, 0.25) is 0 Å². The lowest BCUT2D eigenvalue weighted by molar-refractivity contribution is -0.137. The highest BCUT2D eigenvalue weighted by Gasteiger charge is 2.34. The van der Waals surface area contributed by atoms with Crippen molar-refractivity contribution in [2.24, 2.45) is 0 Å². The average Bonchev–Trinajstić information content (AvgIpc) is 2.92. The average molecular weight is 328 g/mol. The third-order valence-corrected chi connectivity index (χ3v) is 4.11. The molecule has 0 aliphatic carbocycles. The zero-order valence-electron chi connectivity index (χ0n) is 12.3. The molecule has 0 fully saturated rings. The number of para-hydroxylation sites is 1. The predicted octanol–water partition coefficient (Wildman–Crippen LogP) is 4.16. The Bertz CT molecular complexity index is 980. The summed E-state index contributed by atoms with van der Waals surface area (Å²) in [5, 5.41) is 3.31. The first-order valence-corrected chi connectivity index (χ1v) is 7.32. The summed E-state index contributed by atoms with van der Waals surface area (Å²) in [4.78, 5) is 16.2. The van der Waals surface area contributed by atoms with E-state index in [-0.39, 0.29) is 11.5 Å². The Kier molecular flexibility index (Phi) is 3.09. The molecule has 0 saturated heterocycles. The lowest BCUT2D eigenvalue weighted by Crippen LogP contribution is -2.12. The largest absolute Gasteiger partial charge is 0.417 e. The maximum absolute atomic E-state index is 13.3. The molecule has 3 aromatic rings. The molecule has 1 aliphatic rings. The molecule has 0 spiro atoms. The minimum Gasteiger partial charge on any atom is -0.346 e. The van der Waals surface area contributed by atoms with Crippen LogP contribution in [0.4, 0.5) is 13.2 Å². The summed E-state index contributed by atoms with van der Waals surface area (Å²) in [6, 6.07) is 12.2. The van der Waals surface area contributed by atoms with E-state index in [0.29, 0.717) is 34.3 Å². The van der Waals surface area contributed by atoms with Crippen LogP contribution in [0.1, 0.15) is 21.6 Å². The normalized spacial score (nSPS) is 13.9. The Balaban J connectivity index is 2.01. The first-order valence-electron chi connectivity index (χ1n) is 7.32. The molecule has 1 aromatic heterocycles. The van der Waals surface area contributed by atoms with Crippen molar-refractivity contribution in [3.8, 4) is 11.1 Å². The van der Waals surface area contributed by atoms with Gasteiger partial charge in [-0.1, -0.05) is 36.4 Å². The van der Waals surface area contributed by atoms with Gasteiger partial charge in [-0.25, -0.2) is 4.98 Å². The molecule has 24 heavy (non-hydrogen) atoms. The van der Waals surface area contributed by atoms with Gasteiger partial charge in [0.1, 0.15) is 0 Å². The minimum absolute atomic E-state index is 0.0836. The quantitative estimate of drug-likeness (QED) is 0.729. The van der Waals surface area contributed by atoms with Crippen LogP contribution >= 0.6 is 0 Å². The molecule has 4 rings (SSSR count). The van der Waals surface area contributed by atoms with E-state index in [4.69, 9.17) is 0 Å². The van der Waals surface area contributed by atoms with E-state index in [9.17, 15) is 18.0 Å². The van der Waals surface area contributed by atoms with Crippen LogP contribution in [0, 0.1) is 0 Å². The highest BCUT2D eigenvalue weighted by molar-refractivity contribution is 6.03. The van der Waals surface area contributed by atoms with Crippen molar-refractivity contribution in [2.75, 3.05) is 0 Å². The van der Waals surface area contributed by atoms with Gasteiger partial charge in [0.2, 0.25) is 0 Å². The van der Waals surface area contributed by atoms with Crippen molar-refractivity contribution < 1.29 is 18.0 Å². The van der Waals surface area contributed by atoms with Gasteiger partial charge in [0, 0.05) is 10.9 Å². The summed E-state index contributed by atoms with van der Waals surface area (Å²) >= 11 is 0. The molecule has 0 bridgehead atoms. The number of hydrogen-bond donors (Lipinski definition) is 1. The van der Waals surface area contributed by atoms with Crippen molar-refractivity contribution in [1.82, 2.24) is 10.3 Å². The standard InChI is InChI=1S/C18H11F3N2O/c19-18(20,21)14-7-2-1-5-11(14)12-6-3-4-10-8-13-15(23-16(10)12)9-22-17(13)24/h1-8H,9H2,(H,22,24). The summed E-state index contributed by atoms with van der Waals surface area (Å²) in [6.45, 7) is 0.291. The molecule has 3 nitrogen and oxygen atoms in total. The fraction of sp³-hybridized carbons (Fsp3) is 0.111. The number of nitrogens with one attached hydrogen (secondary N) is 1. The molecule has 0 atom stereocenters. The molecule has 120 valence electrons. The zero-order valence-corrected chi connectivity index (χ0v) is 12.3. The van der Waals surface area contributed by atoms with E-state index in [0.717, 1.165) is 6.07 Å². The fourth-order valence-corrected chi connectivity index (χ4v) is 3.01. The number of nitrogens with zero attached hydrogens (tertiary/aromatic N) is 1. The number of benzene rings is 2. The van der Waals surface area contributed by atoms with Crippen molar-refractivity contribution in [1.29, 1.82) is 0 Å². The smallest absolute Gasteiger partial charge is 0.346 e. The van der Waals surface area contributed by atoms with Crippen LogP contribution in [-0.4, -0.2) is 10.9 Å². The van der Waals surface area contributed by atoms with Crippen molar-refractivity contribution >= 4 is 16.8 Å². The van der Waals surface area contributed by atoms with Crippen LogP contribution in [0.15, 0.2) is 48.5 Å². The van der Waals surface area contributed by atoms with E-state index in [1.165, 1.54) is 12.1 Å². The van der Waals surface area contributed by atoms with Crippen LogP contribution in [0.5, 0.6) is 0 Å². The zero-order chi connectivity index (χ0) is 16.9. The monoisotopic (exact) mass is 328 g/mol. The third-order valence-electron chi connectivity index (χ3n) is 4.11. The van der Waals surface area contributed by atoms with Gasteiger partial charge in [-0.3, -0.25) is 4.79 Å². The number of aromatic nitrogens is 1. The molecule has 1 amide bonds. The second-order valence-electron chi connectivity index (χ2n) is 5.59. The number of carbonyl (C=O) groups excluding carboxylic acids is 1. The van der Waals surface area contributed by atoms with Crippen LogP contribution in [0.3, 0.4) is 0 Å². The third kappa shape index (κ3) is 2.22. The van der Waals surface area contributed by atoms with E-state index in [1.54, 1.807) is 30.3 Å². The second-order valence-corrected chi connectivity index (χ2v) is 5.59. The Morgan fingerprint density at radius 1 is 0.958 bits per heavy atom. The predicted molar refractivity (Wildman–Crippen MR) is 83.4 cm³/mol. The van der Waals surface area contributed by atoms with Crippen LogP contribution in [0.25, 0.3) is 22.0 Å². The number of alkyl halides is 3. The van der Waals surface area contributed by atoms with Gasteiger partial charge >= 0.3 is 6.18 Å². The lowest BCUT2D eigenvalue weighted by Gasteiger charge is -2.14. The summed E-state index contributed by atoms with van der Waals surface area (Å²) in [5.41, 5.74) is 1.29. The van der Waals surface area contributed by atoms with Crippen molar-refractivity contribution in [3.63, 3.8) is 0 Å².